The van der Waals surface area contributed by atoms with E-state index in [9.17, 15) is 10.2 Å². The van der Waals surface area contributed by atoms with Crippen molar-refractivity contribution in [2.75, 3.05) is 0 Å². The van der Waals surface area contributed by atoms with Crippen LogP contribution in [-0.4, -0.2) is 34.7 Å². The number of phenolic OH excluding ortho intramolecular Hbond substituents is 2. The fourth-order valence-electron chi connectivity index (χ4n) is 5.93. The first-order valence-electron chi connectivity index (χ1n) is 15.7. The molecule has 0 aromatic heterocycles. The van der Waals surface area contributed by atoms with Gasteiger partial charge in [0.15, 0.2) is 0 Å². The minimum absolute atomic E-state index is 0.0721. The normalized spacial score (nSPS) is 18.4. The van der Waals surface area contributed by atoms with Crippen LogP contribution in [0.25, 0.3) is 0 Å². The molecule has 0 spiro atoms. The van der Waals surface area contributed by atoms with Crippen molar-refractivity contribution in [2.45, 2.75) is 119 Å². The van der Waals surface area contributed by atoms with E-state index in [4.69, 9.17) is 9.98 Å². The summed E-state index contributed by atoms with van der Waals surface area (Å²) < 4.78 is 0. The molecule has 0 aliphatic heterocycles. The molecule has 2 aromatic carbocycles. The van der Waals surface area contributed by atoms with Gasteiger partial charge in [-0.05, 0) is 96.6 Å². The molecular formula is C36H54N2O2. The van der Waals surface area contributed by atoms with Gasteiger partial charge in [0.25, 0.3) is 0 Å². The van der Waals surface area contributed by atoms with Crippen LogP contribution in [0, 0.1) is 23.7 Å². The highest BCUT2D eigenvalue weighted by atomic mass is 16.3. The maximum absolute atomic E-state index is 11.1. The maximum atomic E-state index is 11.1. The Bertz CT molecular complexity index is 1070. The van der Waals surface area contributed by atoms with Crippen LogP contribution in [0.5, 0.6) is 11.5 Å². The zero-order valence-electron chi connectivity index (χ0n) is 26.4. The predicted molar refractivity (Wildman–Crippen MR) is 172 cm³/mol. The summed E-state index contributed by atoms with van der Waals surface area (Å²) in [6, 6.07) is 8.71. The molecule has 220 valence electrons. The summed E-state index contributed by atoms with van der Waals surface area (Å²) in [5.41, 5.74) is 6.19. The zero-order valence-corrected chi connectivity index (χ0v) is 26.4. The molecule has 1 saturated carbocycles. The fourth-order valence-corrected chi connectivity index (χ4v) is 5.93. The van der Waals surface area contributed by atoms with Crippen LogP contribution in [0.1, 0.15) is 114 Å². The van der Waals surface area contributed by atoms with Crippen molar-refractivity contribution in [1.29, 1.82) is 0 Å². The third-order valence-electron chi connectivity index (χ3n) is 7.60. The first-order chi connectivity index (χ1) is 18.9. The van der Waals surface area contributed by atoms with E-state index in [0.29, 0.717) is 35.2 Å². The standard InChI is InChI=1S/C36H54N2O2/c1-23(2)13-27-17-29(15-25(5)6)35(39)31(19-27)21-37-33-11-9-10-12-34(33)38-22-32-20-28(14-24(3)4)18-30(36(32)40)16-26(7)8/h17-26,33-34,39-40H,9-16H2,1-8H3/b37-21+,38-22+/t33-,34-/m1/s1. The van der Waals surface area contributed by atoms with Crippen LogP contribution in [0.3, 0.4) is 0 Å². The smallest absolute Gasteiger partial charge is 0.127 e. The maximum Gasteiger partial charge on any atom is 0.127 e. The van der Waals surface area contributed by atoms with E-state index in [-0.39, 0.29) is 12.1 Å². The van der Waals surface area contributed by atoms with Gasteiger partial charge in [0.2, 0.25) is 0 Å². The van der Waals surface area contributed by atoms with Gasteiger partial charge in [0.05, 0.1) is 12.1 Å². The van der Waals surface area contributed by atoms with Gasteiger partial charge in [0, 0.05) is 23.6 Å². The third-order valence-corrected chi connectivity index (χ3v) is 7.60. The van der Waals surface area contributed by atoms with Crippen molar-refractivity contribution in [3.05, 3.63) is 57.6 Å². The summed E-state index contributed by atoms with van der Waals surface area (Å²) in [7, 11) is 0. The van der Waals surface area contributed by atoms with E-state index >= 15 is 0 Å². The number of aliphatic imine (C=N–C) groups is 2. The number of hydrogen-bond acceptors (Lipinski definition) is 4. The Labute approximate surface area is 244 Å². The molecule has 3 rings (SSSR count). The van der Waals surface area contributed by atoms with E-state index in [1.54, 1.807) is 0 Å². The molecule has 0 bridgehead atoms. The van der Waals surface area contributed by atoms with E-state index in [1.807, 2.05) is 12.4 Å². The minimum Gasteiger partial charge on any atom is -0.507 e. The van der Waals surface area contributed by atoms with Crippen LogP contribution in [-0.2, 0) is 25.7 Å². The van der Waals surface area contributed by atoms with Crippen molar-refractivity contribution < 1.29 is 10.2 Å². The molecule has 1 aliphatic rings. The van der Waals surface area contributed by atoms with Crippen molar-refractivity contribution in [1.82, 2.24) is 0 Å². The molecule has 0 heterocycles. The van der Waals surface area contributed by atoms with Gasteiger partial charge in [-0.1, -0.05) is 80.4 Å². The Hall–Kier alpha value is -2.62. The fraction of sp³-hybridized carbons (Fsp3) is 0.611. The highest BCUT2D eigenvalue weighted by Gasteiger charge is 2.24. The lowest BCUT2D eigenvalue weighted by Crippen LogP contribution is -2.27. The van der Waals surface area contributed by atoms with Gasteiger partial charge in [-0.15, -0.1) is 0 Å². The summed E-state index contributed by atoms with van der Waals surface area (Å²) in [6.45, 7) is 17.7. The Balaban J connectivity index is 1.89. The number of benzene rings is 2. The lowest BCUT2D eigenvalue weighted by atomic mass is 9.90. The molecule has 40 heavy (non-hydrogen) atoms. The van der Waals surface area contributed by atoms with Crippen molar-refractivity contribution in [3.63, 3.8) is 0 Å². The first kappa shape index (κ1) is 31.9. The monoisotopic (exact) mass is 546 g/mol. The Morgan fingerprint density at radius 3 is 1.27 bits per heavy atom. The van der Waals surface area contributed by atoms with Gasteiger partial charge in [-0.25, -0.2) is 0 Å². The third kappa shape index (κ3) is 9.49. The molecule has 4 nitrogen and oxygen atoms in total. The number of hydrogen-bond donors (Lipinski definition) is 2. The van der Waals surface area contributed by atoms with Gasteiger partial charge < -0.3 is 10.2 Å². The molecule has 0 unspecified atom stereocenters. The molecule has 4 heteroatoms. The summed E-state index contributed by atoms with van der Waals surface area (Å²) >= 11 is 0. The van der Waals surface area contributed by atoms with E-state index in [2.05, 4.69) is 79.7 Å². The number of nitrogens with zero attached hydrogens (tertiary/aromatic N) is 2. The van der Waals surface area contributed by atoms with Gasteiger partial charge >= 0.3 is 0 Å². The largest absolute Gasteiger partial charge is 0.507 e. The average Bonchev–Trinajstić information content (AvgIpc) is 2.85. The Kier molecular flexibility index (Phi) is 11.8. The van der Waals surface area contributed by atoms with Crippen molar-refractivity contribution in [3.8, 4) is 11.5 Å². The summed E-state index contributed by atoms with van der Waals surface area (Å²) in [4.78, 5) is 10.0. The van der Waals surface area contributed by atoms with Gasteiger partial charge in [-0.2, -0.15) is 0 Å². The quantitative estimate of drug-likeness (QED) is 0.261. The molecule has 1 aliphatic carbocycles. The van der Waals surface area contributed by atoms with Gasteiger partial charge in [0.1, 0.15) is 11.5 Å². The minimum atomic E-state index is 0.0721. The second kappa shape index (κ2) is 14.8. The highest BCUT2D eigenvalue weighted by Crippen LogP contribution is 2.30. The van der Waals surface area contributed by atoms with Crippen LogP contribution < -0.4 is 0 Å². The average molecular weight is 547 g/mol. The van der Waals surface area contributed by atoms with Crippen LogP contribution in [0.2, 0.25) is 0 Å². The molecule has 0 amide bonds. The number of rotatable bonds is 12. The second-order valence-electron chi connectivity index (χ2n) is 13.8. The Morgan fingerprint density at radius 2 is 0.950 bits per heavy atom. The highest BCUT2D eigenvalue weighted by molar-refractivity contribution is 5.85. The molecule has 0 saturated heterocycles. The summed E-state index contributed by atoms with van der Waals surface area (Å²) in [5, 5.41) is 22.2. The molecule has 2 N–H and O–H groups in total. The number of phenols is 2. The molecule has 2 aromatic rings. The lowest BCUT2D eigenvalue weighted by Gasteiger charge is -2.25. The van der Waals surface area contributed by atoms with Crippen LogP contribution in [0.4, 0.5) is 0 Å². The van der Waals surface area contributed by atoms with E-state index in [0.717, 1.165) is 73.6 Å². The van der Waals surface area contributed by atoms with Crippen LogP contribution in [0.15, 0.2) is 34.3 Å². The van der Waals surface area contributed by atoms with Crippen molar-refractivity contribution >= 4 is 12.4 Å². The molecule has 0 radical (unpaired) electrons. The second-order valence-corrected chi connectivity index (χ2v) is 13.8. The molecular weight excluding hydrogens is 492 g/mol. The van der Waals surface area contributed by atoms with Gasteiger partial charge in [-0.3, -0.25) is 9.98 Å². The lowest BCUT2D eigenvalue weighted by molar-refractivity contribution is 0.390. The first-order valence-corrected chi connectivity index (χ1v) is 15.7. The summed E-state index contributed by atoms with van der Waals surface area (Å²) in [5.74, 6) is 2.78. The van der Waals surface area contributed by atoms with E-state index < -0.39 is 0 Å². The SMILES string of the molecule is CC(C)Cc1cc(/C=N/[C@@H]2CCCC[C@H]2/N=C/c2cc(CC(C)C)cc(CC(C)C)c2O)c(O)c(CC(C)C)c1. The van der Waals surface area contributed by atoms with Crippen LogP contribution >= 0.6 is 0 Å². The number of aromatic hydroxyl groups is 2. The zero-order chi connectivity index (χ0) is 29.4. The summed E-state index contributed by atoms with van der Waals surface area (Å²) in [6.07, 6.45) is 11.7. The molecule has 1 fully saturated rings. The Morgan fingerprint density at radius 1 is 0.600 bits per heavy atom. The van der Waals surface area contributed by atoms with E-state index in [1.165, 1.54) is 11.1 Å². The van der Waals surface area contributed by atoms with Crippen molar-refractivity contribution in [2.24, 2.45) is 33.7 Å². The molecule has 2 atom stereocenters. The topological polar surface area (TPSA) is 65.2 Å². The predicted octanol–water partition coefficient (Wildman–Crippen LogP) is 8.74.